The molecule has 5 heterocycles. The lowest BCUT2D eigenvalue weighted by Gasteiger charge is -2.49. The Labute approximate surface area is 215 Å². The number of rotatable bonds is 7. The highest BCUT2D eigenvalue weighted by Crippen LogP contribution is 2.49. The standard InChI is InChI=1S/C25H32N8O2S/c1-2-32-7-9-33(10-8-32)18-15-27-22(28-16-18)31-24-29-17-21(36-24)20-3-6-26-23(30-20)35-19-13-25(14-19)4-11-34-12-5-25/h3,6,15-17,19H,2,4-5,7-14H2,1H3,(H,27,28,29,31). The molecule has 11 heteroatoms. The van der Waals surface area contributed by atoms with Crippen LogP contribution in [0, 0.1) is 5.41 Å². The molecule has 1 spiro atoms. The lowest BCUT2D eigenvalue weighted by Crippen LogP contribution is -2.47. The van der Waals surface area contributed by atoms with E-state index in [1.54, 1.807) is 12.4 Å². The minimum absolute atomic E-state index is 0.188. The SMILES string of the molecule is CCN1CCN(c2cnc(Nc3ncc(-c4ccnc(OC5CC6(CCOCC6)C5)n4)s3)nc2)CC1. The number of likely N-dealkylation sites (N-methyl/N-ethyl adjacent to an activating group) is 1. The van der Waals surface area contributed by atoms with Gasteiger partial charge in [-0.25, -0.2) is 19.9 Å². The van der Waals surface area contributed by atoms with Crippen LogP contribution in [-0.2, 0) is 4.74 Å². The van der Waals surface area contributed by atoms with Crippen molar-refractivity contribution in [2.75, 3.05) is 56.2 Å². The first-order valence-electron chi connectivity index (χ1n) is 12.8. The maximum absolute atomic E-state index is 6.09. The number of piperazine rings is 1. The van der Waals surface area contributed by atoms with Gasteiger partial charge in [-0.2, -0.15) is 4.98 Å². The fourth-order valence-electron chi connectivity index (χ4n) is 5.30. The Morgan fingerprint density at radius 2 is 1.83 bits per heavy atom. The van der Waals surface area contributed by atoms with Crippen LogP contribution < -0.4 is 15.0 Å². The second kappa shape index (κ2) is 10.2. The van der Waals surface area contributed by atoms with Crippen LogP contribution in [0.4, 0.5) is 16.8 Å². The van der Waals surface area contributed by atoms with Crippen molar-refractivity contribution >= 4 is 28.1 Å². The monoisotopic (exact) mass is 508 g/mol. The molecule has 1 saturated carbocycles. The van der Waals surface area contributed by atoms with Crippen LogP contribution in [0.5, 0.6) is 6.01 Å². The first-order valence-corrected chi connectivity index (χ1v) is 13.6. The molecule has 1 N–H and O–H groups in total. The van der Waals surface area contributed by atoms with Crippen molar-refractivity contribution in [2.45, 2.75) is 38.7 Å². The molecule has 2 aliphatic heterocycles. The summed E-state index contributed by atoms with van der Waals surface area (Å²) in [6.07, 6.45) is 11.9. The molecule has 0 unspecified atom stereocenters. The zero-order valence-electron chi connectivity index (χ0n) is 20.6. The summed E-state index contributed by atoms with van der Waals surface area (Å²) in [6, 6.07) is 2.31. The molecule has 6 rings (SSSR count). The minimum atomic E-state index is 0.188. The van der Waals surface area contributed by atoms with E-state index < -0.39 is 0 Å². The van der Waals surface area contributed by atoms with E-state index in [4.69, 9.17) is 9.47 Å². The first-order chi connectivity index (χ1) is 17.7. The third-order valence-electron chi connectivity index (χ3n) is 7.58. The van der Waals surface area contributed by atoms with Gasteiger partial charge in [-0.1, -0.05) is 18.3 Å². The Balaban J connectivity index is 1.05. The highest BCUT2D eigenvalue weighted by molar-refractivity contribution is 7.18. The molecular formula is C25H32N8O2S. The van der Waals surface area contributed by atoms with Gasteiger partial charge in [-0.15, -0.1) is 0 Å². The largest absolute Gasteiger partial charge is 0.460 e. The van der Waals surface area contributed by atoms with Gasteiger partial charge in [0.25, 0.3) is 0 Å². The Morgan fingerprint density at radius 3 is 2.58 bits per heavy atom. The van der Waals surface area contributed by atoms with Crippen LogP contribution in [0.25, 0.3) is 10.6 Å². The molecule has 2 saturated heterocycles. The maximum atomic E-state index is 6.09. The third kappa shape index (κ3) is 5.14. The van der Waals surface area contributed by atoms with Crippen molar-refractivity contribution in [1.29, 1.82) is 0 Å². The van der Waals surface area contributed by atoms with Gasteiger partial charge in [0.2, 0.25) is 5.95 Å². The fourth-order valence-corrected chi connectivity index (χ4v) is 6.08. The van der Waals surface area contributed by atoms with Gasteiger partial charge in [0.15, 0.2) is 5.13 Å². The van der Waals surface area contributed by atoms with Crippen molar-refractivity contribution in [3.05, 3.63) is 30.9 Å². The Kier molecular flexibility index (Phi) is 6.68. The summed E-state index contributed by atoms with van der Waals surface area (Å²) in [5, 5.41) is 3.93. The van der Waals surface area contributed by atoms with E-state index in [2.05, 4.69) is 47.0 Å². The first kappa shape index (κ1) is 23.5. The predicted octanol–water partition coefficient (Wildman–Crippen LogP) is 3.61. The number of nitrogens with zero attached hydrogens (tertiary/aromatic N) is 7. The average Bonchev–Trinajstić information content (AvgIpc) is 3.38. The van der Waals surface area contributed by atoms with Gasteiger partial charge >= 0.3 is 6.01 Å². The molecule has 3 aromatic heterocycles. The highest BCUT2D eigenvalue weighted by Gasteiger charge is 2.46. The highest BCUT2D eigenvalue weighted by atomic mass is 32.1. The Bertz CT molecular complexity index is 1150. The average molecular weight is 509 g/mol. The van der Waals surface area contributed by atoms with Crippen molar-refractivity contribution < 1.29 is 9.47 Å². The van der Waals surface area contributed by atoms with E-state index in [-0.39, 0.29) is 6.10 Å². The van der Waals surface area contributed by atoms with Crippen LogP contribution in [0.2, 0.25) is 0 Å². The third-order valence-corrected chi connectivity index (χ3v) is 8.52. The fraction of sp³-hybridized carbons (Fsp3) is 0.560. The summed E-state index contributed by atoms with van der Waals surface area (Å²) in [7, 11) is 0. The molecule has 1 aliphatic carbocycles. The number of hydrogen-bond donors (Lipinski definition) is 1. The number of nitrogens with one attached hydrogen (secondary N) is 1. The zero-order chi connectivity index (χ0) is 24.4. The van der Waals surface area contributed by atoms with Crippen molar-refractivity contribution in [3.8, 4) is 16.6 Å². The molecule has 3 fully saturated rings. The summed E-state index contributed by atoms with van der Waals surface area (Å²) in [4.78, 5) is 28.2. The van der Waals surface area contributed by atoms with Crippen LogP contribution >= 0.6 is 11.3 Å². The van der Waals surface area contributed by atoms with E-state index >= 15 is 0 Å². The summed E-state index contributed by atoms with van der Waals surface area (Å²) in [5.41, 5.74) is 2.26. The summed E-state index contributed by atoms with van der Waals surface area (Å²) < 4.78 is 11.6. The summed E-state index contributed by atoms with van der Waals surface area (Å²) in [6.45, 7) is 9.19. The summed E-state index contributed by atoms with van der Waals surface area (Å²) >= 11 is 1.50. The minimum Gasteiger partial charge on any atom is -0.460 e. The second-order valence-electron chi connectivity index (χ2n) is 9.83. The molecule has 190 valence electrons. The van der Waals surface area contributed by atoms with Crippen LogP contribution in [0.1, 0.15) is 32.6 Å². The van der Waals surface area contributed by atoms with E-state index in [0.717, 1.165) is 93.0 Å². The number of anilines is 3. The number of ether oxygens (including phenoxy) is 2. The van der Waals surface area contributed by atoms with Crippen molar-refractivity contribution in [3.63, 3.8) is 0 Å². The molecule has 3 aromatic rings. The van der Waals surface area contributed by atoms with Crippen molar-refractivity contribution in [2.24, 2.45) is 5.41 Å². The van der Waals surface area contributed by atoms with Crippen LogP contribution in [0.15, 0.2) is 30.9 Å². The zero-order valence-corrected chi connectivity index (χ0v) is 21.4. The van der Waals surface area contributed by atoms with E-state index in [0.29, 0.717) is 17.4 Å². The van der Waals surface area contributed by atoms with Gasteiger partial charge in [0, 0.05) is 51.8 Å². The number of thiazole rings is 1. The normalized spacial score (nSPS) is 20.3. The predicted molar refractivity (Wildman–Crippen MR) is 139 cm³/mol. The molecule has 0 radical (unpaired) electrons. The number of hydrogen-bond acceptors (Lipinski definition) is 11. The molecule has 0 aromatic carbocycles. The second-order valence-corrected chi connectivity index (χ2v) is 10.9. The number of aromatic nitrogens is 5. The summed E-state index contributed by atoms with van der Waals surface area (Å²) in [5.74, 6) is 0.533. The molecule has 3 aliphatic rings. The van der Waals surface area contributed by atoms with E-state index in [1.165, 1.54) is 11.3 Å². The molecule has 0 bridgehead atoms. The van der Waals surface area contributed by atoms with Crippen LogP contribution in [0.3, 0.4) is 0 Å². The van der Waals surface area contributed by atoms with Crippen molar-refractivity contribution in [1.82, 2.24) is 29.8 Å². The van der Waals surface area contributed by atoms with Gasteiger partial charge in [-0.3, -0.25) is 0 Å². The lowest BCUT2D eigenvalue weighted by molar-refractivity contribution is -0.0880. The molecular weight excluding hydrogens is 476 g/mol. The smallest absolute Gasteiger partial charge is 0.317 e. The van der Waals surface area contributed by atoms with Gasteiger partial charge in [0.1, 0.15) is 6.10 Å². The Hall–Kier alpha value is -2.89. The molecule has 0 atom stereocenters. The molecule has 10 nitrogen and oxygen atoms in total. The molecule has 36 heavy (non-hydrogen) atoms. The Morgan fingerprint density at radius 1 is 1.06 bits per heavy atom. The lowest BCUT2D eigenvalue weighted by atomic mass is 9.62. The van der Waals surface area contributed by atoms with Crippen LogP contribution in [-0.4, -0.2) is 81.9 Å². The van der Waals surface area contributed by atoms with Gasteiger partial charge < -0.3 is 24.6 Å². The van der Waals surface area contributed by atoms with E-state index in [1.807, 2.05) is 18.5 Å². The quantitative estimate of drug-likeness (QED) is 0.509. The maximum Gasteiger partial charge on any atom is 0.317 e. The van der Waals surface area contributed by atoms with Gasteiger partial charge in [0.05, 0.1) is 28.7 Å². The molecule has 0 amide bonds. The van der Waals surface area contributed by atoms with E-state index in [9.17, 15) is 0 Å². The topological polar surface area (TPSA) is 101 Å². The van der Waals surface area contributed by atoms with Gasteiger partial charge in [-0.05, 0) is 43.7 Å².